The van der Waals surface area contributed by atoms with Crippen LogP contribution in [0.1, 0.15) is 271 Å². The van der Waals surface area contributed by atoms with Gasteiger partial charge in [0.1, 0.15) is 24.4 Å². The molecule has 6 N–H and O–H groups in total. The molecule has 1 amide bonds. The first kappa shape index (κ1) is 65.2. The zero-order chi connectivity index (χ0) is 50.1. The van der Waals surface area contributed by atoms with Gasteiger partial charge < -0.3 is 40.3 Å². The van der Waals surface area contributed by atoms with Crippen molar-refractivity contribution in [2.75, 3.05) is 13.2 Å². The van der Waals surface area contributed by atoms with Crippen LogP contribution in [0.15, 0.2) is 48.6 Å². The lowest BCUT2D eigenvalue weighted by Gasteiger charge is -2.40. The molecule has 0 bridgehead atoms. The van der Waals surface area contributed by atoms with Crippen molar-refractivity contribution in [2.45, 2.75) is 314 Å². The Kier molecular flexibility index (Phi) is 47.0. The highest BCUT2D eigenvalue weighted by molar-refractivity contribution is 5.76. The van der Waals surface area contributed by atoms with Crippen LogP contribution in [0, 0.1) is 0 Å². The maximum Gasteiger partial charge on any atom is 0.220 e. The van der Waals surface area contributed by atoms with Gasteiger partial charge in [-0.25, -0.2) is 0 Å². The number of carbonyl (C=O) groups excluding carboxylic acids is 1. The lowest BCUT2D eigenvalue weighted by atomic mass is 9.99. The fourth-order valence-corrected chi connectivity index (χ4v) is 9.18. The highest BCUT2D eigenvalue weighted by atomic mass is 16.7. The fourth-order valence-electron chi connectivity index (χ4n) is 9.18. The SMILES string of the molecule is CCCCCCCCCC/C=C\CCCCCCCCCCCC(=O)NC(COC1OC(CO)C(O)C(O)C1O)C(O)/C=C/CC/C=C/CC/C=C/CCCCCCCCCCCCCCCCC. The van der Waals surface area contributed by atoms with E-state index in [4.69, 9.17) is 9.47 Å². The number of aliphatic hydroxyl groups excluding tert-OH is 5. The van der Waals surface area contributed by atoms with Gasteiger partial charge in [-0.1, -0.05) is 242 Å². The summed E-state index contributed by atoms with van der Waals surface area (Å²) in [6.07, 6.45) is 58.9. The van der Waals surface area contributed by atoms with E-state index in [0.29, 0.717) is 6.42 Å². The van der Waals surface area contributed by atoms with Crippen LogP contribution in [0.25, 0.3) is 0 Å². The molecule has 7 unspecified atom stereocenters. The molecule has 0 aromatic heterocycles. The van der Waals surface area contributed by atoms with E-state index < -0.39 is 49.5 Å². The van der Waals surface area contributed by atoms with Crippen molar-refractivity contribution < 1.29 is 39.8 Å². The van der Waals surface area contributed by atoms with Crippen molar-refractivity contribution in [1.82, 2.24) is 5.32 Å². The summed E-state index contributed by atoms with van der Waals surface area (Å²) in [6, 6.07) is -0.830. The molecular weight excluding hydrogens is 863 g/mol. The van der Waals surface area contributed by atoms with Crippen molar-refractivity contribution in [2.24, 2.45) is 0 Å². The molecule has 1 aliphatic rings. The van der Waals surface area contributed by atoms with Crippen LogP contribution in [0.3, 0.4) is 0 Å². The zero-order valence-electron chi connectivity index (χ0n) is 44.8. The molecule has 0 spiro atoms. The Morgan fingerprint density at radius 1 is 0.478 bits per heavy atom. The molecule has 1 saturated heterocycles. The Balaban J connectivity index is 2.27. The highest BCUT2D eigenvalue weighted by Gasteiger charge is 2.44. The molecule has 1 rings (SSSR count). The molecule has 0 aromatic carbocycles. The zero-order valence-corrected chi connectivity index (χ0v) is 44.8. The smallest absolute Gasteiger partial charge is 0.220 e. The van der Waals surface area contributed by atoms with Crippen molar-refractivity contribution in [1.29, 1.82) is 0 Å². The van der Waals surface area contributed by atoms with E-state index in [-0.39, 0.29) is 12.5 Å². The largest absolute Gasteiger partial charge is 0.394 e. The van der Waals surface area contributed by atoms with E-state index in [1.54, 1.807) is 6.08 Å². The Labute approximate surface area is 424 Å². The first-order chi connectivity index (χ1) is 33.8. The van der Waals surface area contributed by atoms with E-state index in [2.05, 4.69) is 55.6 Å². The molecule has 1 aliphatic heterocycles. The molecule has 0 radical (unpaired) electrons. The number of carbonyl (C=O) groups is 1. The first-order valence-corrected chi connectivity index (χ1v) is 29.4. The predicted molar refractivity (Wildman–Crippen MR) is 290 cm³/mol. The number of rotatable bonds is 50. The summed E-state index contributed by atoms with van der Waals surface area (Å²) in [4.78, 5) is 13.0. The first-order valence-electron chi connectivity index (χ1n) is 29.4. The van der Waals surface area contributed by atoms with Crippen molar-refractivity contribution in [3.05, 3.63) is 48.6 Å². The second-order valence-corrected chi connectivity index (χ2v) is 20.4. The molecule has 0 aromatic rings. The lowest BCUT2D eigenvalue weighted by molar-refractivity contribution is -0.302. The van der Waals surface area contributed by atoms with Gasteiger partial charge in [-0.2, -0.15) is 0 Å². The average molecular weight is 975 g/mol. The molecule has 9 heteroatoms. The van der Waals surface area contributed by atoms with Gasteiger partial charge in [0.2, 0.25) is 5.91 Å². The molecule has 0 aliphatic carbocycles. The van der Waals surface area contributed by atoms with Gasteiger partial charge in [-0.15, -0.1) is 0 Å². The average Bonchev–Trinajstić information content (AvgIpc) is 3.35. The molecule has 9 nitrogen and oxygen atoms in total. The topological polar surface area (TPSA) is 149 Å². The van der Waals surface area contributed by atoms with Crippen LogP contribution in [0.2, 0.25) is 0 Å². The summed E-state index contributed by atoms with van der Waals surface area (Å²) in [5, 5.41) is 54.5. The third kappa shape index (κ3) is 39.4. The van der Waals surface area contributed by atoms with Crippen LogP contribution in [0.4, 0.5) is 0 Å². The van der Waals surface area contributed by atoms with Gasteiger partial charge in [0.05, 0.1) is 25.4 Å². The lowest BCUT2D eigenvalue weighted by Crippen LogP contribution is -2.60. The molecule has 1 heterocycles. The van der Waals surface area contributed by atoms with Crippen LogP contribution in [-0.4, -0.2) is 87.5 Å². The monoisotopic (exact) mass is 974 g/mol. The third-order valence-electron chi connectivity index (χ3n) is 13.9. The number of aliphatic hydroxyl groups is 5. The molecule has 69 heavy (non-hydrogen) atoms. The van der Waals surface area contributed by atoms with Gasteiger partial charge in [0.25, 0.3) is 0 Å². The van der Waals surface area contributed by atoms with E-state index in [0.717, 1.165) is 44.9 Å². The van der Waals surface area contributed by atoms with Gasteiger partial charge in [0, 0.05) is 6.42 Å². The van der Waals surface area contributed by atoms with E-state index >= 15 is 0 Å². The summed E-state index contributed by atoms with van der Waals surface area (Å²) in [5.41, 5.74) is 0. The quantitative estimate of drug-likeness (QED) is 0.0261. The van der Waals surface area contributed by atoms with Crippen LogP contribution >= 0.6 is 0 Å². The Hall–Kier alpha value is -1.85. The van der Waals surface area contributed by atoms with Gasteiger partial charge >= 0.3 is 0 Å². The van der Waals surface area contributed by atoms with Crippen molar-refractivity contribution >= 4 is 5.91 Å². The summed E-state index contributed by atoms with van der Waals surface area (Å²) in [6.45, 7) is 3.78. The minimum absolute atomic E-state index is 0.191. The summed E-state index contributed by atoms with van der Waals surface area (Å²) in [5.74, 6) is -0.191. The molecule has 0 saturated carbocycles. The number of hydrogen-bond donors (Lipinski definition) is 6. The predicted octanol–water partition coefficient (Wildman–Crippen LogP) is 14.5. The normalized spacial score (nSPS) is 19.8. The Bertz CT molecular complexity index is 1220. The number of allylic oxidation sites excluding steroid dienone is 7. The van der Waals surface area contributed by atoms with Gasteiger partial charge in [-0.3, -0.25) is 4.79 Å². The molecule has 1 fully saturated rings. The number of nitrogens with one attached hydrogen (secondary N) is 1. The minimum atomic E-state index is -1.58. The number of hydrogen-bond acceptors (Lipinski definition) is 8. The van der Waals surface area contributed by atoms with E-state index in [9.17, 15) is 30.3 Å². The number of unbranched alkanes of at least 4 members (excludes halogenated alkanes) is 34. The van der Waals surface area contributed by atoms with Crippen LogP contribution in [-0.2, 0) is 14.3 Å². The fraction of sp³-hybridized carbons (Fsp3) is 0.850. The van der Waals surface area contributed by atoms with E-state index in [1.807, 2.05) is 6.08 Å². The third-order valence-corrected chi connectivity index (χ3v) is 13.9. The van der Waals surface area contributed by atoms with Crippen LogP contribution < -0.4 is 5.32 Å². The van der Waals surface area contributed by atoms with Crippen LogP contribution in [0.5, 0.6) is 0 Å². The second kappa shape index (κ2) is 49.7. The minimum Gasteiger partial charge on any atom is -0.394 e. The summed E-state index contributed by atoms with van der Waals surface area (Å²) < 4.78 is 11.3. The van der Waals surface area contributed by atoms with E-state index in [1.165, 1.54) is 205 Å². The van der Waals surface area contributed by atoms with Crippen molar-refractivity contribution in [3.63, 3.8) is 0 Å². The summed E-state index contributed by atoms with van der Waals surface area (Å²) >= 11 is 0. The molecule has 404 valence electrons. The second-order valence-electron chi connectivity index (χ2n) is 20.4. The Morgan fingerprint density at radius 3 is 1.22 bits per heavy atom. The van der Waals surface area contributed by atoms with Crippen molar-refractivity contribution in [3.8, 4) is 0 Å². The van der Waals surface area contributed by atoms with Gasteiger partial charge in [-0.05, 0) is 70.6 Å². The summed E-state index contributed by atoms with van der Waals surface area (Å²) in [7, 11) is 0. The maximum atomic E-state index is 13.0. The maximum absolute atomic E-state index is 13.0. The molecular formula is C60H111NO8. The molecule has 7 atom stereocenters. The number of amides is 1. The highest BCUT2D eigenvalue weighted by Crippen LogP contribution is 2.23. The van der Waals surface area contributed by atoms with Gasteiger partial charge in [0.15, 0.2) is 6.29 Å². The standard InChI is InChI=1S/C60H111NO8/c1-3-5-7-9-11-13-15-17-19-21-23-25-26-27-28-30-31-33-35-37-39-41-43-45-47-49-54(63)53(52-68-60-59(67)58(66)57(65)55(51-62)69-60)61-56(64)50-48-46-44-42-40-38-36-34-32-29-24-22-20-18-16-14-12-10-8-6-4-2/h22,24,31,33,39,41,47,49,53-55,57-60,62-63,65-67H,3-21,23,25-30,32,34-38,40,42-46,48,50-52H2,1-2H3,(H,61,64)/b24-22-,33-31+,41-39+,49-47+. The number of ether oxygens (including phenoxy) is 2. The Morgan fingerprint density at radius 2 is 0.826 bits per heavy atom.